The van der Waals surface area contributed by atoms with E-state index >= 15 is 0 Å². The highest BCUT2D eigenvalue weighted by atomic mass is 16.5. The number of amides is 1. The average Bonchev–Trinajstić information content (AvgIpc) is 2.49. The van der Waals surface area contributed by atoms with Gasteiger partial charge in [0.2, 0.25) is 0 Å². The summed E-state index contributed by atoms with van der Waals surface area (Å²) in [7, 11) is 1.55. The quantitative estimate of drug-likeness (QED) is 0.689. The summed E-state index contributed by atoms with van der Waals surface area (Å²) in [4.78, 5) is 14.2. The summed E-state index contributed by atoms with van der Waals surface area (Å²) in [6.45, 7) is 12.9. The van der Waals surface area contributed by atoms with E-state index in [0.29, 0.717) is 36.8 Å². The second-order valence-corrected chi connectivity index (χ2v) is 4.74. The van der Waals surface area contributed by atoms with Crippen LogP contribution in [0.25, 0.3) is 0 Å². The highest BCUT2D eigenvalue weighted by Crippen LogP contribution is 2.28. The molecule has 1 rings (SSSR count). The van der Waals surface area contributed by atoms with Crippen molar-refractivity contribution < 1.29 is 14.3 Å². The van der Waals surface area contributed by atoms with E-state index < -0.39 is 0 Å². The van der Waals surface area contributed by atoms with Gasteiger partial charge in [0, 0.05) is 18.7 Å². The van der Waals surface area contributed by atoms with Crippen molar-refractivity contribution in [3.05, 3.63) is 48.6 Å². The number of carbonyl (C=O) groups excluding carboxylic acids is 1. The standard InChI is InChI=1S/C17H23NO3/c1-6-10-21-15-9-8-14(11-16(15)20-5)17(19)18(7-2)12-13(3)4/h6,8-9,11H,1,3,7,10,12H2,2,4-5H3. The van der Waals surface area contributed by atoms with Crippen LogP contribution >= 0.6 is 0 Å². The molecule has 0 saturated heterocycles. The van der Waals surface area contributed by atoms with E-state index in [-0.39, 0.29) is 5.91 Å². The molecule has 1 aromatic carbocycles. The van der Waals surface area contributed by atoms with E-state index in [1.54, 1.807) is 36.3 Å². The number of nitrogens with zero attached hydrogens (tertiary/aromatic N) is 1. The molecule has 1 amide bonds. The molecule has 0 aromatic heterocycles. The van der Waals surface area contributed by atoms with E-state index in [4.69, 9.17) is 9.47 Å². The van der Waals surface area contributed by atoms with Crippen molar-refractivity contribution in [2.45, 2.75) is 13.8 Å². The Hall–Kier alpha value is -2.23. The Morgan fingerprint density at radius 2 is 2.10 bits per heavy atom. The normalized spacial score (nSPS) is 9.86. The van der Waals surface area contributed by atoms with Crippen molar-refractivity contribution in [1.29, 1.82) is 0 Å². The molecule has 0 N–H and O–H groups in total. The van der Waals surface area contributed by atoms with Crippen LogP contribution in [-0.2, 0) is 0 Å². The molecule has 21 heavy (non-hydrogen) atoms. The topological polar surface area (TPSA) is 38.8 Å². The number of rotatable bonds is 8. The summed E-state index contributed by atoms with van der Waals surface area (Å²) in [6, 6.07) is 5.18. The Labute approximate surface area is 126 Å². The molecule has 0 fully saturated rings. The number of benzene rings is 1. The molecule has 0 saturated carbocycles. The second kappa shape index (κ2) is 8.15. The first kappa shape index (κ1) is 16.8. The lowest BCUT2D eigenvalue weighted by atomic mass is 10.1. The fourth-order valence-corrected chi connectivity index (χ4v) is 1.90. The summed E-state index contributed by atoms with van der Waals surface area (Å²) >= 11 is 0. The van der Waals surface area contributed by atoms with Crippen molar-refractivity contribution in [2.75, 3.05) is 26.8 Å². The molecular weight excluding hydrogens is 266 g/mol. The minimum Gasteiger partial charge on any atom is -0.493 e. The van der Waals surface area contributed by atoms with E-state index in [1.165, 1.54) is 0 Å². The zero-order valence-electron chi connectivity index (χ0n) is 13.0. The first-order valence-electron chi connectivity index (χ1n) is 6.88. The Morgan fingerprint density at radius 1 is 1.38 bits per heavy atom. The lowest BCUT2D eigenvalue weighted by Crippen LogP contribution is -2.32. The van der Waals surface area contributed by atoms with Crippen LogP contribution in [0.2, 0.25) is 0 Å². The Bertz CT molecular complexity index is 523. The van der Waals surface area contributed by atoms with Crippen LogP contribution in [0.3, 0.4) is 0 Å². The lowest BCUT2D eigenvalue weighted by Gasteiger charge is -2.21. The maximum absolute atomic E-state index is 12.5. The van der Waals surface area contributed by atoms with Crippen LogP contribution in [0.1, 0.15) is 24.2 Å². The number of carbonyl (C=O) groups is 1. The molecule has 0 unspecified atom stereocenters. The number of likely N-dealkylation sites (N-methyl/N-ethyl adjacent to an activating group) is 1. The molecule has 0 heterocycles. The summed E-state index contributed by atoms with van der Waals surface area (Å²) in [5.74, 6) is 1.08. The van der Waals surface area contributed by atoms with E-state index in [0.717, 1.165) is 5.57 Å². The van der Waals surface area contributed by atoms with Gasteiger partial charge in [0.25, 0.3) is 5.91 Å². The Balaban J connectivity index is 2.99. The first-order chi connectivity index (χ1) is 10.0. The third-order valence-corrected chi connectivity index (χ3v) is 2.90. The molecule has 4 heteroatoms. The van der Waals surface area contributed by atoms with Crippen molar-refractivity contribution in [3.8, 4) is 11.5 Å². The van der Waals surface area contributed by atoms with E-state index in [1.807, 2.05) is 13.8 Å². The lowest BCUT2D eigenvalue weighted by molar-refractivity contribution is 0.0778. The molecule has 0 aliphatic rings. The predicted octanol–water partition coefficient (Wildman–Crippen LogP) is 3.30. The van der Waals surface area contributed by atoms with Gasteiger partial charge in [-0.1, -0.05) is 24.8 Å². The zero-order chi connectivity index (χ0) is 15.8. The van der Waals surface area contributed by atoms with Crippen LogP contribution in [0.15, 0.2) is 43.0 Å². The summed E-state index contributed by atoms with van der Waals surface area (Å²) < 4.78 is 10.8. The highest BCUT2D eigenvalue weighted by Gasteiger charge is 2.16. The van der Waals surface area contributed by atoms with Gasteiger partial charge in [0.1, 0.15) is 6.61 Å². The van der Waals surface area contributed by atoms with Gasteiger partial charge in [0.05, 0.1) is 7.11 Å². The van der Waals surface area contributed by atoms with E-state index in [2.05, 4.69) is 13.2 Å². The molecule has 0 aliphatic heterocycles. The summed E-state index contributed by atoms with van der Waals surface area (Å²) in [5.41, 5.74) is 1.52. The van der Waals surface area contributed by atoms with E-state index in [9.17, 15) is 4.79 Å². The molecule has 0 spiro atoms. The van der Waals surface area contributed by atoms with Gasteiger partial charge in [-0.2, -0.15) is 0 Å². The number of methoxy groups -OCH3 is 1. The Kier molecular flexibility index (Phi) is 6.53. The molecule has 0 atom stereocenters. The molecule has 0 radical (unpaired) electrons. The minimum atomic E-state index is -0.0472. The van der Waals surface area contributed by atoms with Crippen LogP contribution in [0.4, 0.5) is 0 Å². The van der Waals surface area contributed by atoms with Crippen LogP contribution in [0, 0.1) is 0 Å². The molecule has 114 valence electrons. The van der Waals surface area contributed by atoms with Crippen molar-refractivity contribution >= 4 is 5.91 Å². The third kappa shape index (κ3) is 4.67. The van der Waals surface area contributed by atoms with Gasteiger partial charge in [-0.15, -0.1) is 0 Å². The van der Waals surface area contributed by atoms with Gasteiger partial charge in [-0.3, -0.25) is 4.79 Å². The number of ether oxygens (including phenoxy) is 2. The fraction of sp³-hybridized carbons (Fsp3) is 0.353. The number of hydrogen-bond donors (Lipinski definition) is 0. The van der Waals surface area contributed by atoms with Gasteiger partial charge < -0.3 is 14.4 Å². The maximum atomic E-state index is 12.5. The molecule has 4 nitrogen and oxygen atoms in total. The van der Waals surface area contributed by atoms with Crippen molar-refractivity contribution in [2.24, 2.45) is 0 Å². The molecular formula is C17H23NO3. The van der Waals surface area contributed by atoms with Crippen molar-refractivity contribution in [1.82, 2.24) is 4.90 Å². The Morgan fingerprint density at radius 3 is 2.62 bits per heavy atom. The molecule has 1 aromatic rings. The van der Waals surface area contributed by atoms with Crippen LogP contribution in [-0.4, -0.2) is 37.6 Å². The molecule has 0 aliphatic carbocycles. The maximum Gasteiger partial charge on any atom is 0.254 e. The smallest absolute Gasteiger partial charge is 0.254 e. The zero-order valence-corrected chi connectivity index (χ0v) is 13.0. The third-order valence-electron chi connectivity index (χ3n) is 2.90. The molecule has 0 bridgehead atoms. The second-order valence-electron chi connectivity index (χ2n) is 4.74. The largest absolute Gasteiger partial charge is 0.493 e. The van der Waals surface area contributed by atoms with Gasteiger partial charge >= 0.3 is 0 Å². The van der Waals surface area contributed by atoms with Gasteiger partial charge in [-0.25, -0.2) is 0 Å². The number of hydrogen-bond acceptors (Lipinski definition) is 3. The minimum absolute atomic E-state index is 0.0472. The van der Waals surface area contributed by atoms with Crippen molar-refractivity contribution in [3.63, 3.8) is 0 Å². The summed E-state index contributed by atoms with van der Waals surface area (Å²) in [5, 5.41) is 0. The fourth-order valence-electron chi connectivity index (χ4n) is 1.90. The van der Waals surface area contributed by atoms with Crippen LogP contribution < -0.4 is 9.47 Å². The monoisotopic (exact) mass is 289 g/mol. The van der Waals surface area contributed by atoms with Gasteiger partial charge in [-0.05, 0) is 32.0 Å². The first-order valence-corrected chi connectivity index (χ1v) is 6.88. The summed E-state index contributed by atoms with van der Waals surface area (Å²) in [6.07, 6.45) is 1.66. The average molecular weight is 289 g/mol. The SMILES string of the molecule is C=CCOc1ccc(C(=O)N(CC)CC(=C)C)cc1OC. The van der Waals surface area contributed by atoms with Crippen LogP contribution in [0.5, 0.6) is 11.5 Å². The highest BCUT2D eigenvalue weighted by molar-refractivity contribution is 5.95. The van der Waals surface area contributed by atoms with Gasteiger partial charge in [0.15, 0.2) is 11.5 Å². The predicted molar refractivity (Wildman–Crippen MR) is 85.1 cm³/mol.